The van der Waals surface area contributed by atoms with Crippen LogP contribution in [0, 0.1) is 0 Å². The average molecular weight is 273 g/mol. The van der Waals surface area contributed by atoms with E-state index in [2.05, 4.69) is 10.5 Å². The van der Waals surface area contributed by atoms with Gasteiger partial charge in [0.05, 0.1) is 11.4 Å². The van der Waals surface area contributed by atoms with Crippen LogP contribution in [0.1, 0.15) is 12.6 Å². The molecule has 1 aromatic carbocycles. The Balaban J connectivity index is 1.91. The molecule has 0 spiro atoms. The zero-order chi connectivity index (χ0) is 14.1. The van der Waals surface area contributed by atoms with Crippen molar-refractivity contribution in [2.75, 3.05) is 11.9 Å². The van der Waals surface area contributed by atoms with Crippen LogP contribution in [-0.2, 0) is 11.2 Å². The van der Waals surface area contributed by atoms with Gasteiger partial charge >= 0.3 is 0 Å². The number of nitrogens with one attached hydrogen (secondary N) is 1. The van der Waals surface area contributed by atoms with Gasteiger partial charge < -0.3 is 20.3 Å². The quantitative estimate of drug-likeness (QED) is 0.885. The largest absolute Gasteiger partial charge is 0.479 e. The molecule has 3 N–H and O–H groups in total. The molecule has 0 saturated carbocycles. The van der Waals surface area contributed by atoms with Crippen molar-refractivity contribution in [1.29, 1.82) is 0 Å². The van der Waals surface area contributed by atoms with Crippen LogP contribution in [-0.4, -0.2) is 23.7 Å². The number of nitrogens with zero attached hydrogens (tertiary/aromatic N) is 1. The molecule has 1 unspecified atom stereocenters. The lowest BCUT2D eigenvalue weighted by atomic mass is 10.1. The van der Waals surface area contributed by atoms with Crippen LogP contribution in [0.2, 0.25) is 0 Å². The second-order valence-corrected chi connectivity index (χ2v) is 4.68. The Morgan fingerprint density at radius 3 is 3.05 bits per heavy atom. The minimum Gasteiger partial charge on any atom is -0.479 e. The summed E-state index contributed by atoms with van der Waals surface area (Å²) < 4.78 is 10.8. The second kappa shape index (κ2) is 4.97. The fourth-order valence-electron chi connectivity index (χ4n) is 2.08. The van der Waals surface area contributed by atoms with Crippen molar-refractivity contribution in [3.63, 3.8) is 0 Å². The molecule has 0 radical (unpaired) electrons. The summed E-state index contributed by atoms with van der Waals surface area (Å²) in [4.78, 5) is 11.6. The molecule has 0 aliphatic carbocycles. The molecule has 2 heterocycles. The second-order valence-electron chi connectivity index (χ2n) is 4.68. The van der Waals surface area contributed by atoms with Gasteiger partial charge in [-0.2, -0.15) is 0 Å². The number of amides is 1. The van der Waals surface area contributed by atoms with Gasteiger partial charge in [0.1, 0.15) is 5.75 Å². The summed E-state index contributed by atoms with van der Waals surface area (Å²) in [5, 5.41) is 6.75. The maximum absolute atomic E-state index is 11.6. The highest BCUT2D eigenvalue weighted by Crippen LogP contribution is 2.34. The molecule has 0 fully saturated rings. The van der Waals surface area contributed by atoms with Gasteiger partial charge in [0, 0.05) is 18.1 Å². The highest BCUT2D eigenvalue weighted by Gasteiger charge is 2.24. The number of hydrogen-bond donors (Lipinski definition) is 2. The van der Waals surface area contributed by atoms with E-state index < -0.39 is 6.10 Å². The normalized spacial score (nSPS) is 17.3. The molecular weight excluding hydrogens is 258 g/mol. The number of rotatable bonds is 3. The minimum absolute atomic E-state index is 0.156. The first kappa shape index (κ1) is 12.7. The predicted molar refractivity (Wildman–Crippen MR) is 73.4 cm³/mol. The lowest BCUT2D eigenvalue weighted by Gasteiger charge is -2.23. The summed E-state index contributed by atoms with van der Waals surface area (Å²) in [7, 11) is 0. The van der Waals surface area contributed by atoms with Crippen molar-refractivity contribution in [2.24, 2.45) is 5.73 Å². The zero-order valence-electron chi connectivity index (χ0n) is 11.1. The Morgan fingerprint density at radius 2 is 2.25 bits per heavy atom. The molecule has 6 heteroatoms. The van der Waals surface area contributed by atoms with Gasteiger partial charge in [0.2, 0.25) is 0 Å². The van der Waals surface area contributed by atoms with E-state index in [1.807, 2.05) is 24.3 Å². The fraction of sp³-hybridized carbons (Fsp3) is 0.286. The molecule has 6 nitrogen and oxygen atoms in total. The average Bonchev–Trinajstić information content (AvgIpc) is 2.89. The monoisotopic (exact) mass is 273 g/mol. The number of ether oxygens (including phenoxy) is 1. The van der Waals surface area contributed by atoms with E-state index in [1.54, 1.807) is 6.92 Å². The molecule has 0 bridgehead atoms. The smallest absolute Gasteiger partial charge is 0.265 e. The van der Waals surface area contributed by atoms with Crippen LogP contribution in [0.25, 0.3) is 11.3 Å². The molecule has 1 amide bonds. The number of hydrogen-bond acceptors (Lipinski definition) is 5. The van der Waals surface area contributed by atoms with E-state index in [4.69, 9.17) is 15.0 Å². The van der Waals surface area contributed by atoms with Crippen LogP contribution >= 0.6 is 0 Å². The third-order valence-electron chi connectivity index (χ3n) is 3.15. The van der Waals surface area contributed by atoms with Crippen molar-refractivity contribution in [1.82, 2.24) is 5.16 Å². The maximum atomic E-state index is 11.6. The standard InChI is InChI=1S/C14H15N3O3/c1-8-14(18)16-11-6-9(2-3-12(11)19-8)13-7-10(4-5-15)17-20-13/h2-3,6-8H,4-5,15H2,1H3,(H,16,18). The molecule has 20 heavy (non-hydrogen) atoms. The van der Waals surface area contributed by atoms with E-state index in [0.717, 1.165) is 11.3 Å². The number of anilines is 1. The molecule has 1 aliphatic rings. The molecule has 1 atom stereocenters. The highest BCUT2D eigenvalue weighted by molar-refractivity contribution is 5.98. The van der Waals surface area contributed by atoms with Crippen LogP contribution in [0.4, 0.5) is 5.69 Å². The van der Waals surface area contributed by atoms with Gasteiger partial charge in [-0.1, -0.05) is 5.16 Å². The summed E-state index contributed by atoms with van der Waals surface area (Å²) in [5.74, 6) is 1.14. The Hall–Kier alpha value is -2.34. The molecule has 2 aromatic rings. The van der Waals surface area contributed by atoms with Gasteiger partial charge in [-0.25, -0.2) is 0 Å². The number of carbonyl (C=O) groups excluding carboxylic acids is 1. The van der Waals surface area contributed by atoms with Gasteiger partial charge in [0.25, 0.3) is 5.91 Å². The van der Waals surface area contributed by atoms with E-state index in [1.165, 1.54) is 0 Å². The summed E-state index contributed by atoms with van der Waals surface area (Å²) in [6.07, 6.45) is 0.195. The summed E-state index contributed by atoms with van der Waals surface area (Å²) >= 11 is 0. The minimum atomic E-state index is -0.477. The Kier molecular flexibility index (Phi) is 3.15. The Labute approximate surface area is 115 Å². The molecule has 1 aromatic heterocycles. The first-order valence-corrected chi connectivity index (χ1v) is 6.45. The lowest BCUT2D eigenvalue weighted by molar-refractivity contribution is -0.122. The van der Waals surface area contributed by atoms with E-state index >= 15 is 0 Å². The van der Waals surface area contributed by atoms with Crippen molar-refractivity contribution < 1.29 is 14.1 Å². The first-order chi connectivity index (χ1) is 9.67. The topological polar surface area (TPSA) is 90.4 Å². The molecule has 104 valence electrons. The van der Waals surface area contributed by atoms with E-state index in [0.29, 0.717) is 30.2 Å². The molecular formula is C14H15N3O3. The predicted octanol–water partition coefficient (Wildman–Crippen LogP) is 1.56. The van der Waals surface area contributed by atoms with Crippen LogP contribution < -0.4 is 15.8 Å². The molecule has 0 saturated heterocycles. The molecule has 3 rings (SSSR count). The van der Waals surface area contributed by atoms with Crippen molar-refractivity contribution >= 4 is 11.6 Å². The Bertz CT molecular complexity index is 651. The number of aromatic nitrogens is 1. The van der Waals surface area contributed by atoms with Gasteiger partial charge in [0.15, 0.2) is 11.9 Å². The summed E-state index contributed by atoms with van der Waals surface area (Å²) in [5.41, 5.74) is 7.77. The number of benzene rings is 1. The first-order valence-electron chi connectivity index (χ1n) is 6.45. The van der Waals surface area contributed by atoms with Gasteiger partial charge in [-0.3, -0.25) is 4.79 Å². The van der Waals surface area contributed by atoms with Gasteiger partial charge in [-0.05, 0) is 31.7 Å². The number of nitrogens with two attached hydrogens (primary N) is 1. The lowest BCUT2D eigenvalue weighted by Crippen LogP contribution is -2.34. The molecule has 1 aliphatic heterocycles. The Morgan fingerprint density at radius 1 is 1.40 bits per heavy atom. The SMILES string of the molecule is CC1Oc2ccc(-c3cc(CCN)no3)cc2NC1=O. The van der Waals surface area contributed by atoms with E-state index in [9.17, 15) is 4.79 Å². The summed E-state index contributed by atoms with van der Waals surface area (Å²) in [6, 6.07) is 7.34. The van der Waals surface area contributed by atoms with Crippen molar-refractivity contribution in [3.05, 3.63) is 30.0 Å². The van der Waals surface area contributed by atoms with Crippen LogP contribution in [0.15, 0.2) is 28.8 Å². The van der Waals surface area contributed by atoms with E-state index in [-0.39, 0.29) is 5.91 Å². The summed E-state index contributed by atoms with van der Waals surface area (Å²) in [6.45, 7) is 2.24. The fourth-order valence-corrected chi connectivity index (χ4v) is 2.08. The zero-order valence-corrected chi connectivity index (χ0v) is 11.1. The maximum Gasteiger partial charge on any atom is 0.265 e. The van der Waals surface area contributed by atoms with Crippen LogP contribution in [0.3, 0.4) is 0 Å². The third-order valence-corrected chi connectivity index (χ3v) is 3.15. The van der Waals surface area contributed by atoms with Gasteiger partial charge in [-0.15, -0.1) is 0 Å². The third kappa shape index (κ3) is 2.25. The van der Waals surface area contributed by atoms with Crippen LogP contribution in [0.5, 0.6) is 5.75 Å². The highest BCUT2D eigenvalue weighted by atomic mass is 16.5. The van der Waals surface area contributed by atoms with Crippen molar-refractivity contribution in [2.45, 2.75) is 19.4 Å². The number of carbonyl (C=O) groups is 1. The van der Waals surface area contributed by atoms with Crippen molar-refractivity contribution in [3.8, 4) is 17.1 Å². The number of fused-ring (bicyclic) bond motifs is 1.